The number of hydrogen-bond donors (Lipinski definition) is 0. The van der Waals surface area contributed by atoms with Gasteiger partial charge in [0, 0.05) is 7.05 Å². The standard InChI is InChI=1S/C10H17NO/c1-4-8-11(3)10-7-6-9(5-2)12-10/h4-5,8-10H,2,6-7H2,1,3H3/b8-4-. The first-order chi connectivity index (χ1) is 5.77. The Morgan fingerprint density at radius 3 is 2.75 bits per heavy atom. The zero-order valence-electron chi connectivity index (χ0n) is 7.86. The van der Waals surface area contributed by atoms with Gasteiger partial charge in [-0.15, -0.1) is 6.58 Å². The molecule has 2 heteroatoms. The summed E-state index contributed by atoms with van der Waals surface area (Å²) in [6, 6.07) is 0. The first-order valence-electron chi connectivity index (χ1n) is 4.40. The quantitative estimate of drug-likeness (QED) is 0.597. The number of rotatable bonds is 3. The lowest BCUT2D eigenvalue weighted by Crippen LogP contribution is -2.26. The molecule has 0 aromatic carbocycles. The highest BCUT2D eigenvalue weighted by Gasteiger charge is 2.24. The molecule has 0 aromatic rings. The molecule has 0 bridgehead atoms. The predicted octanol–water partition coefficient (Wildman–Crippen LogP) is 2.14. The molecule has 2 nitrogen and oxygen atoms in total. The second-order valence-corrected chi connectivity index (χ2v) is 3.09. The van der Waals surface area contributed by atoms with Crippen LogP contribution in [0.3, 0.4) is 0 Å². The molecule has 1 aliphatic rings. The first kappa shape index (κ1) is 9.33. The monoisotopic (exact) mass is 167 g/mol. The lowest BCUT2D eigenvalue weighted by molar-refractivity contribution is -0.00537. The van der Waals surface area contributed by atoms with Gasteiger partial charge in [-0.1, -0.05) is 12.2 Å². The van der Waals surface area contributed by atoms with Crippen molar-refractivity contribution in [3.05, 3.63) is 24.9 Å². The number of hydrogen-bond acceptors (Lipinski definition) is 2. The van der Waals surface area contributed by atoms with E-state index in [0.29, 0.717) is 0 Å². The van der Waals surface area contributed by atoms with E-state index in [9.17, 15) is 0 Å². The Morgan fingerprint density at radius 1 is 1.50 bits per heavy atom. The fraction of sp³-hybridized carbons (Fsp3) is 0.600. The smallest absolute Gasteiger partial charge is 0.130 e. The normalized spacial score (nSPS) is 29.5. The van der Waals surface area contributed by atoms with Crippen LogP contribution in [0.2, 0.25) is 0 Å². The van der Waals surface area contributed by atoms with Crippen LogP contribution in [0.25, 0.3) is 0 Å². The summed E-state index contributed by atoms with van der Waals surface area (Å²) in [5, 5.41) is 0. The molecule has 0 spiro atoms. The Morgan fingerprint density at radius 2 is 2.25 bits per heavy atom. The maximum Gasteiger partial charge on any atom is 0.130 e. The van der Waals surface area contributed by atoms with Gasteiger partial charge in [-0.2, -0.15) is 0 Å². The van der Waals surface area contributed by atoms with Gasteiger partial charge in [0.25, 0.3) is 0 Å². The van der Waals surface area contributed by atoms with Crippen LogP contribution in [0.1, 0.15) is 19.8 Å². The van der Waals surface area contributed by atoms with Crippen LogP contribution in [0, 0.1) is 0 Å². The van der Waals surface area contributed by atoms with Gasteiger partial charge in [-0.3, -0.25) is 0 Å². The molecule has 1 aliphatic heterocycles. The molecule has 12 heavy (non-hydrogen) atoms. The van der Waals surface area contributed by atoms with Crippen LogP contribution in [-0.2, 0) is 4.74 Å². The molecule has 0 amide bonds. The maximum atomic E-state index is 5.68. The van der Waals surface area contributed by atoms with Crippen molar-refractivity contribution in [2.24, 2.45) is 0 Å². The van der Waals surface area contributed by atoms with Gasteiger partial charge in [0.15, 0.2) is 0 Å². The highest BCUT2D eigenvalue weighted by atomic mass is 16.5. The Balaban J connectivity index is 2.40. The molecule has 0 N–H and O–H groups in total. The lowest BCUT2D eigenvalue weighted by atomic mass is 10.2. The van der Waals surface area contributed by atoms with Crippen molar-refractivity contribution >= 4 is 0 Å². The summed E-state index contributed by atoms with van der Waals surface area (Å²) >= 11 is 0. The van der Waals surface area contributed by atoms with Crippen molar-refractivity contribution in [1.29, 1.82) is 0 Å². The number of ether oxygens (including phenoxy) is 1. The van der Waals surface area contributed by atoms with Gasteiger partial charge in [-0.25, -0.2) is 0 Å². The van der Waals surface area contributed by atoms with Gasteiger partial charge in [0.05, 0.1) is 6.10 Å². The molecule has 1 heterocycles. The maximum absolute atomic E-state index is 5.68. The van der Waals surface area contributed by atoms with Gasteiger partial charge < -0.3 is 9.64 Å². The van der Waals surface area contributed by atoms with Gasteiger partial charge >= 0.3 is 0 Å². The Hall–Kier alpha value is -0.760. The van der Waals surface area contributed by atoms with Crippen molar-refractivity contribution in [3.8, 4) is 0 Å². The van der Waals surface area contributed by atoms with Gasteiger partial charge in [-0.05, 0) is 26.0 Å². The summed E-state index contributed by atoms with van der Waals surface area (Å²) < 4.78 is 5.68. The second-order valence-electron chi connectivity index (χ2n) is 3.09. The van der Waals surface area contributed by atoms with E-state index in [1.807, 2.05) is 32.3 Å². The van der Waals surface area contributed by atoms with Crippen LogP contribution >= 0.6 is 0 Å². The van der Waals surface area contributed by atoms with Gasteiger partial charge in [0.1, 0.15) is 6.23 Å². The third-order valence-electron chi connectivity index (χ3n) is 2.13. The summed E-state index contributed by atoms with van der Waals surface area (Å²) in [5.41, 5.74) is 0. The summed E-state index contributed by atoms with van der Waals surface area (Å²) in [4.78, 5) is 2.10. The Kier molecular flexibility index (Phi) is 3.35. The van der Waals surface area contributed by atoms with Crippen molar-refractivity contribution in [3.63, 3.8) is 0 Å². The van der Waals surface area contributed by atoms with Crippen LogP contribution in [-0.4, -0.2) is 24.3 Å². The topological polar surface area (TPSA) is 12.5 Å². The molecule has 0 aliphatic carbocycles. The van der Waals surface area contributed by atoms with Crippen LogP contribution in [0.4, 0.5) is 0 Å². The fourth-order valence-corrected chi connectivity index (χ4v) is 1.45. The molecule has 2 atom stereocenters. The van der Waals surface area contributed by atoms with E-state index in [1.165, 1.54) is 0 Å². The highest BCUT2D eigenvalue weighted by molar-refractivity contribution is 4.88. The zero-order chi connectivity index (χ0) is 8.97. The van der Waals surface area contributed by atoms with E-state index in [1.54, 1.807) is 0 Å². The van der Waals surface area contributed by atoms with E-state index < -0.39 is 0 Å². The van der Waals surface area contributed by atoms with Crippen LogP contribution in [0.15, 0.2) is 24.9 Å². The average molecular weight is 167 g/mol. The van der Waals surface area contributed by atoms with E-state index in [4.69, 9.17) is 4.74 Å². The molecule has 68 valence electrons. The number of nitrogens with zero attached hydrogens (tertiary/aromatic N) is 1. The molecule has 1 saturated heterocycles. The molecular weight excluding hydrogens is 150 g/mol. The first-order valence-corrected chi connectivity index (χ1v) is 4.40. The van der Waals surface area contributed by atoms with E-state index in [0.717, 1.165) is 12.8 Å². The SMILES string of the molecule is C=CC1CCC(N(C)/C=C\C)O1. The Labute approximate surface area is 74.5 Å². The molecular formula is C10H17NO. The number of allylic oxidation sites excluding steroid dienone is 1. The summed E-state index contributed by atoms with van der Waals surface area (Å²) in [6.07, 6.45) is 8.62. The van der Waals surface area contributed by atoms with Crippen molar-refractivity contribution in [2.75, 3.05) is 7.05 Å². The highest BCUT2D eigenvalue weighted by Crippen LogP contribution is 2.22. The summed E-state index contributed by atoms with van der Waals surface area (Å²) in [7, 11) is 2.04. The molecule has 0 radical (unpaired) electrons. The minimum atomic E-state index is 0.240. The lowest BCUT2D eigenvalue weighted by Gasteiger charge is -2.22. The average Bonchev–Trinajstić information content (AvgIpc) is 2.52. The van der Waals surface area contributed by atoms with E-state index in [-0.39, 0.29) is 12.3 Å². The second kappa shape index (κ2) is 4.31. The van der Waals surface area contributed by atoms with Gasteiger partial charge in [0.2, 0.25) is 0 Å². The van der Waals surface area contributed by atoms with Crippen LogP contribution in [0.5, 0.6) is 0 Å². The minimum absolute atomic E-state index is 0.240. The Bertz CT molecular complexity index is 177. The van der Waals surface area contributed by atoms with Crippen LogP contribution < -0.4 is 0 Å². The third kappa shape index (κ3) is 2.11. The zero-order valence-corrected chi connectivity index (χ0v) is 7.86. The summed E-state index contributed by atoms with van der Waals surface area (Å²) in [6.45, 7) is 5.73. The molecule has 1 fully saturated rings. The predicted molar refractivity (Wildman–Crippen MR) is 50.7 cm³/mol. The van der Waals surface area contributed by atoms with E-state index >= 15 is 0 Å². The third-order valence-corrected chi connectivity index (χ3v) is 2.13. The molecule has 1 rings (SSSR count). The minimum Gasteiger partial charge on any atom is -0.356 e. The summed E-state index contributed by atoms with van der Waals surface area (Å²) in [5.74, 6) is 0. The molecule has 2 unspecified atom stereocenters. The largest absolute Gasteiger partial charge is 0.356 e. The van der Waals surface area contributed by atoms with Crippen molar-refractivity contribution in [2.45, 2.75) is 32.1 Å². The van der Waals surface area contributed by atoms with Crippen molar-refractivity contribution in [1.82, 2.24) is 4.90 Å². The molecule has 0 saturated carbocycles. The fourth-order valence-electron chi connectivity index (χ4n) is 1.45. The van der Waals surface area contributed by atoms with Crippen molar-refractivity contribution < 1.29 is 4.74 Å². The molecule has 0 aromatic heterocycles. The van der Waals surface area contributed by atoms with E-state index in [2.05, 4.69) is 11.5 Å².